The molecule has 0 aliphatic heterocycles. The van der Waals surface area contributed by atoms with Gasteiger partial charge in [0.05, 0.1) is 12.7 Å². The van der Waals surface area contributed by atoms with Crippen LogP contribution in [0.1, 0.15) is 23.8 Å². The molecular formula is C10H20N6O2. The quantitative estimate of drug-likeness (QED) is 0.299. The molecule has 8 heteroatoms. The highest BCUT2D eigenvalue weighted by atomic mass is 16.3. The molecule has 102 valence electrons. The number of aliphatic hydroxyl groups excluding tert-OH is 1. The Morgan fingerprint density at radius 1 is 1.61 bits per heavy atom. The third-order valence-corrected chi connectivity index (χ3v) is 2.63. The van der Waals surface area contributed by atoms with Crippen LogP contribution < -0.4 is 11.3 Å². The summed E-state index contributed by atoms with van der Waals surface area (Å²) in [5.41, 5.74) is 2.21. The number of hydrogen-bond acceptors (Lipinski definition) is 6. The van der Waals surface area contributed by atoms with Gasteiger partial charge in [-0.25, -0.2) is 5.84 Å². The minimum Gasteiger partial charge on any atom is -0.396 e. The number of rotatable bonds is 8. The smallest absolute Gasteiger partial charge is 0.287 e. The number of nitrogens with zero attached hydrogens (tertiary/aromatic N) is 4. The average molecular weight is 256 g/mol. The number of carbonyl (C=O) groups is 1. The summed E-state index contributed by atoms with van der Waals surface area (Å²) in [7, 11) is 0. The molecule has 1 heterocycles. The summed E-state index contributed by atoms with van der Waals surface area (Å²) in [6, 6.07) is 0. The molecule has 0 bridgehead atoms. The van der Waals surface area contributed by atoms with Gasteiger partial charge in [-0.3, -0.25) is 14.9 Å². The van der Waals surface area contributed by atoms with Crippen molar-refractivity contribution in [2.45, 2.75) is 19.9 Å². The molecule has 0 aliphatic carbocycles. The first-order chi connectivity index (χ1) is 8.71. The van der Waals surface area contributed by atoms with Gasteiger partial charge in [0.15, 0.2) is 5.69 Å². The lowest BCUT2D eigenvalue weighted by Crippen LogP contribution is -2.30. The van der Waals surface area contributed by atoms with Gasteiger partial charge >= 0.3 is 0 Å². The monoisotopic (exact) mass is 256 g/mol. The highest BCUT2D eigenvalue weighted by Gasteiger charge is 2.09. The number of aliphatic hydroxyl groups is 1. The molecule has 0 saturated carbocycles. The molecule has 0 aromatic carbocycles. The third-order valence-electron chi connectivity index (χ3n) is 2.63. The van der Waals surface area contributed by atoms with Crippen LogP contribution >= 0.6 is 0 Å². The minimum absolute atomic E-state index is 0.195. The molecule has 0 aliphatic rings. The molecule has 1 aromatic heterocycles. The van der Waals surface area contributed by atoms with Gasteiger partial charge in [0.2, 0.25) is 0 Å². The number of hydrogen-bond donors (Lipinski definition) is 3. The Bertz CT molecular complexity index is 367. The molecule has 8 nitrogen and oxygen atoms in total. The number of nitrogens with two attached hydrogens (primary N) is 1. The van der Waals surface area contributed by atoms with Crippen molar-refractivity contribution in [1.29, 1.82) is 0 Å². The lowest BCUT2D eigenvalue weighted by molar-refractivity contribution is 0.0948. The van der Waals surface area contributed by atoms with Crippen molar-refractivity contribution in [2.75, 3.05) is 26.2 Å². The Hall–Kier alpha value is -1.51. The predicted octanol–water partition coefficient (Wildman–Crippen LogP) is -1.41. The van der Waals surface area contributed by atoms with Gasteiger partial charge in [-0.05, 0) is 13.0 Å². The van der Waals surface area contributed by atoms with Crippen LogP contribution in [0.15, 0.2) is 6.20 Å². The standard InChI is InChI=1S/C10H20N6O2/c1-2-15(4-3-7-17)5-6-16-8-9(13-14-16)10(18)12-11/h8,17H,2-7,11H2,1H3,(H,12,18). The van der Waals surface area contributed by atoms with E-state index in [1.807, 2.05) is 5.43 Å². The van der Waals surface area contributed by atoms with Gasteiger partial charge in [-0.15, -0.1) is 5.10 Å². The average Bonchev–Trinajstić information content (AvgIpc) is 2.87. The van der Waals surface area contributed by atoms with E-state index in [0.717, 1.165) is 26.1 Å². The summed E-state index contributed by atoms with van der Waals surface area (Å²) in [6.45, 7) is 5.45. The largest absolute Gasteiger partial charge is 0.396 e. The summed E-state index contributed by atoms with van der Waals surface area (Å²) in [6.07, 6.45) is 2.31. The van der Waals surface area contributed by atoms with E-state index in [2.05, 4.69) is 22.1 Å². The molecule has 0 atom stereocenters. The van der Waals surface area contributed by atoms with Crippen LogP contribution in [0, 0.1) is 0 Å². The zero-order valence-corrected chi connectivity index (χ0v) is 10.5. The number of carbonyl (C=O) groups excluding carboxylic acids is 1. The second-order valence-corrected chi connectivity index (χ2v) is 3.85. The van der Waals surface area contributed by atoms with Crippen molar-refractivity contribution in [3.63, 3.8) is 0 Å². The summed E-state index contributed by atoms with van der Waals surface area (Å²) in [5, 5.41) is 16.3. The van der Waals surface area contributed by atoms with Crippen molar-refractivity contribution in [1.82, 2.24) is 25.3 Å². The highest BCUT2D eigenvalue weighted by molar-refractivity contribution is 5.91. The van der Waals surface area contributed by atoms with Crippen LogP contribution in [-0.2, 0) is 6.54 Å². The summed E-state index contributed by atoms with van der Waals surface area (Å²) in [4.78, 5) is 13.4. The van der Waals surface area contributed by atoms with E-state index in [9.17, 15) is 4.79 Å². The number of likely N-dealkylation sites (N-methyl/N-ethyl adjacent to an activating group) is 1. The maximum absolute atomic E-state index is 11.2. The first-order valence-electron chi connectivity index (χ1n) is 5.95. The first-order valence-corrected chi connectivity index (χ1v) is 5.95. The number of amides is 1. The Balaban J connectivity index is 2.42. The lowest BCUT2D eigenvalue weighted by Gasteiger charge is -2.19. The van der Waals surface area contributed by atoms with Crippen molar-refractivity contribution < 1.29 is 9.90 Å². The molecule has 1 aromatic rings. The van der Waals surface area contributed by atoms with E-state index in [4.69, 9.17) is 10.9 Å². The van der Waals surface area contributed by atoms with Gasteiger partial charge < -0.3 is 10.0 Å². The molecular weight excluding hydrogens is 236 g/mol. The van der Waals surface area contributed by atoms with Gasteiger partial charge in [-0.2, -0.15) is 0 Å². The number of nitrogen functional groups attached to an aromatic ring is 1. The third kappa shape index (κ3) is 4.40. The van der Waals surface area contributed by atoms with E-state index in [0.29, 0.717) is 6.54 Å². The molecule has 0 spiro atoms. The Kier molecular flexibility index (Phi) is 6.26. The Labute approximate surface area is 106 Å². The topological polar surface area (TPSA) is 109 Å². The summed E-state index contributed by atoms with van der Waals surface area (Å²) in [5.74, 6) is 4.55. The minimum atomic E-state index is -0.450. The maximum Gasteiger partial charge on any atom is 0.287 e. The van der Waals surface area contributed by atoms with Crippen LogP contribution in [-0.4, -0.2) is 57.1 Å². The van der Waals surface area contributed by atoms with Crippen LogP contribution in [0.4, 0.5) is 0 Å². The molecule has 4 N–H and O–H groups in total. The predicted molar refractivity (Wildman–Crippen MR) is 65.5 cm³/mol. The zero-order chi connectivity index (χ0) is 13.4. The summed E-state index contributed by atoms with van der Waals surface area (Å²) < 4.78 is 1.60. The fraction of sp³-hybridized carbons (Fsp3) is 0.700. The SMILES string of the molecule is CCN(CCCO)CCn1cc(C(=O)NN)nn1. The number of nitrogens with one attached hydrogen (secondary N) is 1. The van der Waals surface area contributed by atoms with Crippen LogP contribution in [0.25, 0.3) is 0 Å². The maximum atomic E-state index is 11.2. The van der Waals surface area contributed by atoms with E-state index in [1.54, 1.807) is 10.9 Å². The van der Waals surface area contributed by atoms with Gasteiger partial charge in [0.1, 0.15) is 0 Å². The van der Waals surface area contributed by atoms with Crippen molar-refractivity contribution >= 4 is 5.91 Å². The zero-order valence-electron chi connectivity index (χ0n) is 10.5. The van der Waals surface area contributed by atoms with E-state index >= 15 is 0 Å². The molecule has 0 radical (unpaired) electrons. The van der Waals surface area contributed by atoms with E-state index < -0.39 is 5.91 Å². The van der Waals surface area contributed by atoms with Crippen LogP contribution in [0.5, 0.6) is 0 Å². The molecule has 18 heavy (non-hydrogen) atoms. The van der Waals surface area contributed by atoms with Gasteiger partial charge in [-0.1, -0.05) is 12.1 Å². The van der Waals surface area contributed by atoms with E-state index in [1.165, 1.54) is 0 Å². The van der Waals surface area contributed by atoms with Crippen molar-refractivity contribution in [2.24, 2.45) is 5.84 Å². The molecule has 0 unspecified atom stereocenters. The lowest BCUT2D eigenvalue weighted by atomic mass is 10.4. The molecule has 1 rings (SSSR count). The van der Waals surface area contributed by atoms with Crippen LogP contribution in [0.2, 0.25) is 0 Å². The summed E-state index contributed by atoms with van der Waals surface area (Å²) >= 11 is 0. The Morgan fingerprint density at radius 3 is 3.00 bits per heavy atom. The number of aromatic nitrogens is 3. The van der Waals surface area contributed by atoms with E-state index in [-0.39, 0.29) is 12.3 Å². The highest BCUT2D eigenvalue weighted by Crippen LogP contribution is 1.96. The second-order valence-electron chi connectivity index (χ2n) is 3.85. The van der Waals surface area contributed by atoms with Crippen molar-refractivity contribution in [3.05, 3.63) is 11.9 Å². The Morgan fingerprint density at radius 2 is 2.39 bits per heavy atom. The molecule has 1 amide bonds. The first kappa shape index (κ1) is 14.6. The van der Waals surface area contributed by atoms with Crippen molar-refractivity contribution in [3.8, 4) is 0 Å². The normalized spacial score (nSPS) is 10.9. The van der Waals surface area contributed by atoms with Crippen LogP contribution in [0.3, 0.4) is 0 Å². The number of hydrazine groups is 1. The fourth-order valence-electron chi connectivity index (χ4n) is 1.55. The fourth-order valence-corrected chi connectivity index (χ4v) is 1.55. The molecule has 0 fully saturated rings. The molecule has 0 saturated heterocycles. The van der Waals surface area contributed by atoms with Gasteiger partial charge in [0.25, 0.3) is 5.91 Å². The second kappa shape index (κ2) is 7.75. The van der Waals surface area contributed by atoms with Gasteiger partial charge in [0, 0.05) is 19.7 Å².